The van der Waals surface area contributed by atoms with Gasteiger partial charge in [0.1, 0.15) is 11.5 Å². The zero-order chi connectivity index (χ0) is 13.8. The highest BCUT2D eigenvalue weighted by molar-refractivity contribution is 5.35. The van der Waals surface area contributed by atoms with Gasteiger partial charge in [-0.3, -0.25) is 4.68 Å². The third-order valence-electron chi connectivity index (χ3n) is 3.13. The van der Waals surface area contributed by atoms with Crippen molar-refractivity contribution in [1.82, 2.24) is 15.1 Å². The molecule has 0 aliphatic rings. The summed E-state index contributed by atoms with van der Waals surface area (Å²) in [6.07, 6.45) is 4.59. The van der Waals surface area contributed by atoms with Gasteiger partial charge in [-0.15, -0.1) is 0 Å². The topological polar surface area (TPSA) is 52.2 Å². The molecule has 0 saturated heterocycles. The summed E-state index contributed by atoms with van der Waals surface area (Å²) in [5, 5.41) is 7.79. The number of methoxy groups -OCH3 is 1. The number of nitrogens with zero attached hydrogens (tertiary/aromatic N) is 2. The Labute approximate surface area is 113 Å². The molecule has 1 N–H and O–H groups in total. The highest BCUT2D eigenvalue weighted by atomic mass is 16.5. The lowest BCUT2D eigenvalue weighted by Gasteiger charge is -2.18. The molecule has 0 aromatic carbocycles. The first-order valence-corrected chi connectivity index (χ1v) is 6.51. The van der Waals surface area contributed by atoms with E-state index in [1.807, 2.05) is 24.7 Å². The number of aromatic nitrogens is 2. The Bertz CT molecular complexity index is 531. The molecule has 5 heteroatoms. The normalized spacial score (nSPS) is 12.6. The Hall–Kier alpha value is -1.75. The van der Waals surface area contributed by atoms with Crippen LogP contribution in [0, 0.1) is 6.92 Å². The maximum Gasteiger partial charge on any atom is 0.161 e. The fourth-order valence-electron chi connectivity index (χ4n) is 2.19. The number of furan rings is 1. The lowest BCUT2D eigenvalue weighted by atomic mass is 10.1. The molecular weight excluding hydrogens is 242 g/mol. The van der Waals surface area contributed by atoms with E-state index >= 15 is 0 Å². The van der Waals surface area contributed by atoms with Crippen LogP contribution in [0.5, 0.6) is 5.75 Å². The Morgan fingerprint density at radius 3 is 2.89 bits per heavy atom. The van der Waals surface area contributed by atoms with Crippen molar-refractivity contribution >= 4 is 0 Å². The first-order chi connectivity index (χ1) is 9.17. The van der Waals surface area contributed by atoms with Gasteiger partial charge in [0.15, 0.2) is 5.75 Å². The van der Waals surface area contributed by atoms with Crippen LogP contribution in [0.1, 0.15) is 36.4 Å². The monoisotopic (exact) mass is 263 g/mol. The Kier molecular flexibility index (Phi) is 4.27. The molecule has 5 nitrogen and oxygen atoms in total. The molecule has 0 bridgehead atoms. The summed E-state index contributed by atoms with van der Waals surface area (Å²) in [6.45, 7) is 5.01. The van der Waals surface area contributed by atoms with Crippen LogP contribution < -0.4 is 10.1 Å². The van der Waals surface area contributed by atoms with Gasteiger partial charge in [-0.1, -0.05) is 6.92 Å². The minimum Gasteiger partial charge on any atom is -0.493 e. The Morgan fingerprint density at radius 1 is 1.53 bits per heavy atom. The second kappa shape index (κ2) is 5.93. The molecule has 0 spiro atoms. The molecule has 0 aliphatic heterocycles. The standard InChI is InChI=1S/C14H21N3O2/c1-5-6-15-13(11-7-10(2)19-9-11)14-12(18-4)8-16-17(14)3/h7-9,13,15H,5-6H2,1-4H3. The van der Waals surface area contributed by atoms with E-state index in [2.05, 4.69) is 17.3 Å². The lowest BCUT2D eigenvalue weighted by molar-refractivity contribution is 0.400. The van der Waals surface area contributed by atoms with Crippen LogP contribution in [-0.2, 0) is 7.05 Å². The maximum atomic E-state index is 5.43. The van der Waals surface area contributed by atoms with Gasteiger partial charge in [0.2, 0.25) is 0 Å². The summed E-state index contributed by atoms with van der Waals surface area (Å²) in [6, 6.07) is 2.07. The molecule has 0 radical (unpaired) electrons. The van der Waals surface area contributed by atoms with Crippen molar-refractivity contribution in [1.29, 1.82) is 0 Å². The average molecular weight is 263 g/mol. The third-order valence-corrected chi connectivity index (χ3v) is 3.13. The summed E-state index contributed by atoms with van der Waals surface area (Å²) in [4.78, 5) is 0. The first-order valence-electron chi connectivity index (χ1n) is 6.51. The fraction of sp³-hybridized carbons (Fsp3) is 0.500. The number of aryl methyl sites for hydroxylation is 2. The second-order valence-electron chi connectivity index (χ2n) is 4.60. The first kappa shape index (κ1) is 13.7. The molecule has 1 atom stereocenters. The van der Waals surface area contributed by atoms with Gasteiger partial charge < -0.3 is 14.5 Å². The zero-order valence-corrected chi connectivity index (χ0v) is 11.9. The van der Waals surface area contributed by atoms with E-state index in [4.69, 9.17) is 9.15 Å². The van der Waals surface area contributed by atoms with E-state index in [9.17, 15) is 0 Å². The third kappa shape index (κ3) is 2.81. The van der Waals surface area contributed by atoms with Gasteiger partial charge in [0, 0.05) is 12.6 Å². The van der Waals surface area contributed by atoms with Gasteiger partial charge in [-0.05, 0) is 26.0 Å². The maximum absolute atomic E-state index is 5.43. The van der Waals surface area contributed by atoms with Gasteiger partial charge in [-0.25, -0.2) is 0 Å². The van der Waals surface area contributed by atoms with Crippen LogP contribution in [0.25, 0.3) is 0 Å². The second-order valence-corrected chi connectivity index (χ2v) is 4.60. The van der Waals surface area contributed by atoms with E-state index in [-0.39, 0.29) is 6.04 Å². The summed E-state index contributed by atoms with van der Waals surface area (Å²) in [5.41, 5.74) is 2.10. The molecule has 0 saturated carbocycles. The quantitative estimate of drug-likeness (QED) is 0.869. The molecule has 2 rings (SSSR count). The van der Waals surface area contributed by atoms with Crippen molar-refractivity contribution in [2.75, 3.05) is 13.7 Å². The van der Waals surface area contributed by atoms with Crippen molar-refractivity contribution in [2.45, 2.75) is 26.3 Å². The molecule has 0 aliphatic carbocycles. The van der Waals surface area contributed by atoms with Gasteiger partial charge in [0.25, 0.3) is 0 Å². The highest BCUT2D eigenvalue weighted by Crippen LogP contribution is 2.30. The van der Waals surface area contributed by atoms with Crippen LogP contribution in [0.3, 0.4) is 0 Å². The summed E-state index contributed by atoms with van der Waals surface area (Å²) in [5.74, 6) is 1.69. The molecule has 0 amide bonds. The van der Waals surface area contributed by atoms with Crippen LogP contribution in [-0.4, -0.2) is 23.4 Å². The number of rotatable bonds is 6. The summed E-state index contributed by atoms with van der Waals surface area (Å²) in [7, 11) is 3.59. The molecule has 2 heterocycles. The van der Waals surface area contributed by atoms with Gasteiger partial charge in [-0.2, -0.15) is 5.10 Å². The highest BCUT2D eigenvalue weighted by Gasteiger charge is 2.23. The number of hydrogen-bond acceptors (Lipinski definition) is 4. The largest absolute Gasteiger partial charge is 0.493 e. The minimum absolute atomic E-state index is 0.0276. The molecule has 104 valence electrons. The average Bonchev–Trinajstić information content (AvgIpc) is 2.98. The number of hydrogen-bond donors (Lipinski definition) is 1. The van der Waals surface area contributed by atoms with Crippen molar-refractivity contribution < 1.29 is 9.15 Å². The van der Waals surface area contributed by atoms with Crippen LogP contribution in [0.15, 0.2) is 22.9 Å². The van der Waals surface area contributed by atoms with E-state index in [1.165, 1.54) is 0 Å². The molecule has 2 aromatic heterocycles. The van der Waals surface area contributed by atoms with Crippen molar-refractivity contribution in [3.8, 4) is 5.75 Å². The van der Waals surface area contributed by atoms with E-state index in [0.29, 0.717) is 0 Å². The SMILES string of the molecule is CCCNC(c1coc(C)c1)c1c(OC)cnn1C. The summed E-state index contributed by atoms with van der Waals surface area (Å²) < 4.78 is 12.7. The summed E-state index contributed by atoms with van der Waals surface area (Å²) >= 11 is 0. The Morgan fingerprint density at radius 2 is 2.32 bits per heavy atom. The molecule has 2 aromatic rings. The molecule has 19 heavy (non-hydrogen) atoms. The molecule has 0 fully saturated rings. The van der Waals surface area contributed by atoms with E-state index < -0.39 is 0 Å². The lowest BCUT2D eigenvalue weighted by Crippen LogP contribution is -2.25. The van der Waals surface area contributed by atoms with Crippen LogP contribution in [0.2, 0.25) is 0 Å². The van der Waals surface area contributed by atoms with Gasteiger partial charge >= 0.3 is 0 Å². The fourth-order valence-corrected chi connectivity index (χ4v) is 2.19. The zero-order valence-electron chi connectivity index (χ0n) is 11.9. The van der Waals surface area contributed by atoms with Crippen molar-refractivity contribution in [3.05, 3.63) is 35.5 Å². The van der Waals surface area contributed by atoms with E-state index in [1.54, 1.807) is 19.6 Å². The number of nitrogens with one attached hydrogen (secondary N) is 1. The Balaban J connectivity index is 2.39. The van der Waals surface area contributed by atoms with Crippen molar-refractivity contribution in [2.24, 2.45) is 7.05 Å². The molecular formula is C14H21N3O2. The minimum atomic E-state index is 0.0276. The number of ether oxygens (including phenoxy) is 1. The molecule has 1 unspecified atom stereocenters. The van der Waals surface area contributed by atoms with Crippen LogP contribution in [0.4, 0.5) is 0 Å². The van der Waals surface area contributed by atoms with Gasteiger partial charge in [0.05, 0.1) is 25.6 Å². The predicted molar refractivity (Wildman–Crippen MR) is 73.3 cm³/mol. The van der Waals surface area contributed by atoms with Crippen molar-refractivity contribution in [3.63, 3.8) is 0 Å². The predicted octanol–water partition coefficient (Wildman–Crippen LogP) is 2.42. The van der Waals surface area contributed by atoms with E-state index in [0.717, 1.165) is 35.7 Å². The van der Waals surface area contributed by atoms with Crippen LogP contribution >= 0.6 is 0 Å². The smallest absolute Gasteiger partial charge is 0.161 e.